The fraction of sp³-hybridized carbons (Fsp3) is 0.550. The first-order valence-electron chi connectivity index (χ1n) is 9.91. The molecule has 0 aliphatic carbocycles. The number of carbonyl (C=O) groups excluding carboxylic acids is 1. The Morgan fingerprint density at radius 1 is 1.12 bits per heavy atom. The zero-order chi connectivity index (χ0) is 24.2. The van der Waals surface area contributed by atoms with Gasteiger partial charge >= 0.3 is 19.5 Å². The molecule has 8 nitrogen and oxygen atoms in total. The third-order valence-electron chi connectivity index (χ3n) is 4.00. The van der Waals surface area contributed by atoms with E-state index < -0.39 is 60.3 Å². The summed E-state index contributed by atoms with van der Waals surface area (Å²) in [5.74, 6) is -6.68. The molecule has 0 saturated carbocycles. The fourth-order valence-corrected chi connectivity index (χ4v) is 4.54. The normalized spacial score (nSPS) is 13.8. The van der Waals surface area contributed by atoms with Gasteiger partial charge in [-0.25, -0.2) is 4.39 Å². The standard InChI is InChI=1S/C20H26F3N2O6P/c1-6-28-32(27,29-7-2)15(17(26)30-19(3,4)5)12-16-24-18(25-31-16)20(22,23)13-8-10-14(21)11-9-13/h8-11,15H,6-7,12H2,1-5H3. The average Bonchev–Trinajstić information content (AvgIpc) is 3.15. The third-order valence-corrected chi connectivity index (χ3v) is 6.40. The molecule has 1 aromatic heterocycles. The van der Waals surface area contributed by atoms with Crippen molar-refractivity contribution < 1.29 is 40.8 Å². The molecule has 0 aliphatic rings. The van der Waals surface area contributed by atoms with E-state index >= 15 is 0 Å². The minimum Gasteiger partial charge on any atom is -0.459 e. The third kappa shape index (κ3) is 6.40. The Kier molecular flexibility index (Phi) is 8.25. The Hall–Kier alpha value is -2.23. The van der Waals surface area contributed by atoms with Gasteiger partial charge in [0.15, 0.2) is 5.66 Å². The number of rotatable bonds is 10. The maximum atomic E-state index is 14.7. The lowest BCUT2D eigenvalue weighted by Crippen LogP contribution is -2.34. The van der Waals surface area contributed by atoms with Crippen molar-refractivity contribution in [2.75, 3.05) is 13.2 Å². The predicted octanol–water partition coefficient (Wildman–Crippen LogP) is 4.87. The number of carbonyl (C=O) groups is 1. The Morgan fingerprint density at radius 2 is 1.69 bits per heavy atom. The van der Waals surface area contributed by atoms with E-state index in [0.717, 1.165) is 24.3 Å². The van der Waals surface area contributed by atoms with Crippen LogP contribution in [-0.4, -0.2) is 40.6 Å². The Balaban J connectivity index is 2.37. The summed E-state index contributed by atoms with van der Waals surface area (Å²) in [5.41, 5.74) is -2.99. The summed E-state index contributed by atoms with van der Waals surface area (Å²) in [6, 6.07) is 3.55. The van der Waals surface area contributed by atoms with Crippen molar-refractivity contribution in [3.8, 4) is 0 Å². The molecule has 32 heavy (non-hydrogen) atoms. The summed E-state index contributed by atoms with van der Waals surface area (Å²) in [7, 11) is -4.06. The van der Waals surface area contributed by atoms with Gasteiger partial charge in [0.1, 0.15) is 11.4 Å². The zero-order valence-electron chi connectivity index (χ0n) is 18.4. The van der Waals surface area contributed by atoms with E-state index in [-0.39, 0.29) is 13.2 Å². The number of esters is 1. The van der Waals surface area contributed by atoms with Crippen LogP contribution in [0.15, 0.2) is 28.8 Å². The second-order valence-electron chi connectivity index (χ2n) is 7.72. The van der Waals surface area contributed by atoms with E-state index in [1.807, 2.05) is 0 Å². The largest absolute Gasteiger partial charge is 0.459 e. The lowest BCUT2D eigenvalue weighted by molar-refractivity contribution is -0.154. The summed E-state index contributed by atoms with van der Waals surface area (Å²) in [5, 5.41) is 3.29. The highest BCUT2D eigenvalue weighted by Crippen LogP contribution is 2.54. The molecule has 0 fully saturated rings. The van der Waals surface area contributed by atoms with Crippen LogP contribution in [0.3, 0.4) is 0 Å². The van der Waals surface area contributed by atoms with Crippen LogP contribution in [0.25, 0.3) is 0 Å². The van der Waals surface area contributed by atoms with Crippen LogP contribution < -0.4 is 0 Å². The van der Waals surface area contributed by atoms with Gasteiger partial charge in [0.05, 0.1) is 19.6 Å². The molecule has 0 aliphatic heterocycles. The number of hydrogen-bond donors (Lipinski definition) is 0. The van der Waals surface area contributed by atoms with Gasteiger partial charge in [0.25, 0.3) is 0 Å². The van der Waals surface area contributed by atoms with Gasteiger partial charge in [-0.2, -0.15) is 13.8 Å². The van der Waals surface area contributed by atoms with E-state index in [1.54, 1.807) is 34.6 Å². The highest BCUT2D eigenvalue weighted by atomic mass is 31.2. The molecule has 12 heteroatoms. The summed E-state index contributed by atoms with van der Waals surface area (Å²) >= 11 is 0. The number of alkyl halides is 2. The highest BCUT2D eigenvalue weighted by Gasteiger charge is 2.46. The number of halogens is 3. The molecule has 2 rings (SSSR count). The predicted molar refractivity (Wildman–Crippen MR) is 108 cm³/mol. The van der Waals surface area contributed by atoms with Crippen LogP contribution in [0.2, 0.25) is 0 Å². The van der Waals surface area contributed by atoms with Gasteiger partial charge in [-0.3, -0.25) is 9.36 Å². The summed E-state index contributed by atoms with van der Waals surface area (Å²) in [6.45, 7) is 7.90. The van der Waals surface area contributed by atoms with Crippen LogP contribution in [-0.2, 0) is 35.5 Å². The van der Waals surface area contributed by atoms with Gasteiger partial charge in [-0.15, -0.1) is 0 Å². The van der Waals surface area contributed by atoms with Crippen molar-refractivity contribution in [2.24, 2.45) is 0 Å². The summed E-state index contributed by atoms with van der Waals surface area (Å²) < 4.78 is 76.5. The van der Waals surface area contributed by atoms with E-state index in [9.17, 15) is 22.5 Å². The molecule has 1 heterocycles. The number of aromatic nitrogens is 2. The second kappa shape index (κ2) is 10.1. The number of hydrogen-bond acceptors (Lipinski definition) is 8. The topological polar surface area (TPSA) is 101 Å². The minimum atomic E-state index is -4.06. The minimum absolute atomic E-state index is 0.0334. The van der Waals surface area contributed by atoms with Crippen molar-refractivity contribution in [1.29, 1.82) is 0 Å². The highest BCUT2D eigenvalue weighted by molar-refractivity contribution is 7.55. The Bertz CT molecular complexity index is 949. The molecule has 2 aromatic rings. The maximum absolute atomic E-state index is 14.7. The Labute approximate surface area is 184 Å². The van der Waals surface area contributed by atoms with E-state index in [0.29, 0.717) is 0 Å². The monoisotopic (exact) mass is 478 g/mol. The van der Waals surface area contributed by atoms with Crippen molar-refractivity contribution in [1.82, 2.24) is 10.1 Å². The first-order valence-corrected chi connectivity index (χ1v) is 11.5. The molecule has 0 spiro atoms. The van der Waals surface area contributed by atoms with E-state index in [4.69, 9.17) is 18.3 Å². The molecule has 1 aromatic carbocycles. The maximum Gasteiger partial charge on any atom is 0.345 e. The number of ether oxygens (including phenoxy) is 1. The SMILES string of the molecule is CCOP(=O)(OCC)C(Cc1nc(C(F)(F)c2ccc(F)cc2)no1)C(=O)OC(C)(C)C. The van der Waals surface area contributed by atoms with Crippen molar-refractivity contribution >= 4 is 13.6 Å². The molecule has 178 valence electrons. The van der Waals surface area contributed by atoms with Crippen molar-refractivity contribution in [2.45, 2.75) is 58.2 Å². The van der Waals surface area contributed by atoms with Crippen molar-refractivity contribution in [3.63, 3.8) is 0 Å². The number of nitrogens with zero attached hydrogens (tertiary/aromatic N) is 2. The van der Waals surface area contributed by atoms with Crippen LogP contribution >= 0.6 is 7.60 Å². The van der Waals surface area contributed by atoms with Gasteiger partial charge in [0.2, 0.25) is 11.7 Å². The lowest BCUT2D eigenvalue weighted by atomic mass is 10.1. The van der Waals surface area contributed by atoms with E-state index in [1.165, 1.54) is 0 Å². The van der Waals surface area contributed by atoms with Gasteiger partial charge < -0.3 is 18.3 Å². The first kappa shape index (κ1) is 26.0. The van der Waals surface area contributed by atoms with Crippen LogP contribution in [0.1, 0.15) is 51.9 Å². The molecular formula is C20H26F3N2O6P. The quantitative estimate of drug-likeness (QED) is 0.352. The number of benzene rings is 1. The van der Waals surface area contributed by atoms with Crippen molar-refractivity contribution in [3.05, 3.63) is 47.4 Å². The van der Waals surface area contributed by atoms with Crippen LogP contribution in [0, 0.1) is 5.82 Å². The zero-order valence-corrected chi connectivity index (χ0v) is 19.3. The molecule has 0 radical (unpaired) electrons. The Morgan fingerprint density at radius 3 is 2.19 bits per heavy atom. The fourth-order valence-electron chi connectivity index (χ4n) is 2.69. The molecule has 0 N–H and O–H groups in total. The molecule has 1 unspecified atom stereocenters. The molecule has 0 saturated heterocycles. The second-order valence-corrected chi connectivity index (χ2v) is 9.94. The first-order chi connectivity index (χ1) is 14.8. The average molecular weight is 478 g/mol. The van der Waals surface area contributed by atoms with Crippen LogP contribution in [0.4, 0.5) is 13.2 Å². The lowest BCUT2D eigenvalue weighted by Gasteiger charge is -2.27. The molecular weight excluding hydrogens is 452 g/mol. The van der Waals surface area contributed by atoms with Gasteiger partial charge in [-0.1, -0.05) is 5.16 Å². The molecule has 1 atom stereocenters. The van der Waals surface area contributed by atoms with E-state index in [2.05, 4.69) is 10.1 Å². The smallest absolute Gasteiger partial charge is 0.345 e. The summed E-state index contributed by atoms with van der Waals surface area (Å²) in [4.78, 5) is 16.5. The van der Waals surface area contributed by atoms with Gasteiger partial charge in [0, 0.05) is 5.56 Å². The molecule has 0 bridgehead atoms. The summed E-state index contributed by atoms with van der Waals surface area (Å²) in [6.07, 6.45) is -0.515. The van der Waals surface area contributed by atoms with Crippen LogP contribution in [0.5, 0.6) is 0 Å². The van der Waals surface area contributed by atoms with Gasteiger partial charge in [-0.05, 0) is 58.9 Å². The molecule has 0 amide bonds.